The summed E-state index contributed by atoms with van der Waals surface area (Å²) in [5.41, 5.74) is 0.898. The molecule has 0 saturated heterocycles. The monoisotopic (exact) mass is 297 g/mol. The highest BCUT2D eigenvalue weighted by atomic mass is 32.2. The predicted molar refractivity (Wildman–Crippen MR) is 80.2 cm³/mol. The molecule has 5 heteroatoms. The van der Waals surface area contributed by atoms with Crippen molar-refractivity contribution in [3.8, 4) is 0 Å². The number of amides is 1. The summed E-state index contributed by atoms with van der Waals surface area (Å²) in [6.07, 6.45) is 3.03. The lowest BCUT2D eigenvalue weighted by Crippen LogP contribution is -2.31. The molecule has 0 aliphatic heterocycles. The third kappa shape index (κ3) is 4.63. The van der Waals surface area contributed by atoms with Gasteiger partial charge in [-0.15, -0.1) is 0 Å². The van der Waals surface area contributed by atoms with Gasteiger partial charge in [-0.2, -0.15) is 0 Å². The number of hydrogen-bond acceptors (Lipinski definition) is 3. The predicted octanol–water partition coefficient (Wildman–Crippen LogP) is 2.70. The summed E-state index contributed by atoms with van der Waals surface area (Å²) in [6.45, 7) is 5.86. The van der Waals surface area contributed by atoms with Crippen molar-refractivity contribution in [2.45, 2.75) is 44.6 Å². The molecular weight excluding hydrogens is 274 g/mol. The van der Waals surface area contributed by atoms with E-state index in [1.165, 1.54) is 6.26 Å². The highest BCUT2D eigenvalue weighted by Crippen LogP contribution is 2.17. The van der Waals surface area contributed by atoms with Crippen LogP contribution in [-0.4, -0.2) is 20.6 Å². The van der Waals surface area contributed by atoms with Crippen LogP contribution in [0.2, 0.25) is 0 Å². The van der Waals surface area contributed by atoms with Crippen molar-refractivity contribution >= 4 is 15.7 Å². The van der Waals surface area contributed by atoms with Crippen molar-refractivity contribution < 1.29 is 13.2 Å². The number of nitrogens with one attached hydrogen (secondary N) is 1. The van der Waals surface area contributed by atoms with E-state index in [0.29, 0.717) is 4.90 Å². The Morgan fingerprint density at radius 1 is 1.20 bits per heavy atom. The fraction of sp³-hybridized carbons (Fsp3) is 0.533. The molecule has 0 radical (unpaired) electrons. The molecule has 1 aromatic rings. The Hall–Kier alpha value is -1.36. The maximum Gasteiger partial charge on any atom is 0.223 e. The second-order valence-electron chi connectivity index (χ2n) is 5.26. The first-order valence-electron chi connectivity index (χ1n) is 6.86. The number of benzene rings is 1. The molecule has 2 atom stereocenters. The Bertz CT molecular complexity index is 549. The zero-order valence-corrected chi connectivity index (χ0v) is 13.3. The highest BCUT2D eigenvalue weighted by molar-refractivity contribution is 7.90. The maximum absolute atomic E-state index is 11.9. The van der Waals surface area contributed by atoms with Gasteiger partial charge in [0.25, 0.3) is 0 Å². The van der Waals surface area contributed by atoms with Crippen LogP contribution < -0.4 is 5.32 Å². The summed E-state index contributed by atoms with van der Waals surface area (Å²) < 4.78 is 22.8. The normalized spacial score (nSPS) is 14.6. The van der Waals surface area contributed by atoms with Crippen molar-refractivity contribution in [1.29, 1.82) is 0 Å². The summed E-state index contributed by atoms with van der Waals surface area (Å²) >= 11 is 0. The van der Waals surface area contributed by atoms with E-state index >= 15 is 0 Å². The first kappa shape index (κ1) is 16.7. The van der Waals surface area contributed by atoms with Crippen LogP contribution in [0.25, 0.3) is 0 Å². The lowest BCUT2D eigenvalue weighted by molar-refractivity contribution is -0.125. The van der Waals surface area contributed by atoms with Crippen LogP contribution in [0.15, 0.2) is 29.2 Å². The molecule has 2 unspecified atom stereocenters. The Kier molecular flexibility index (Phi) is 5.74. The van der Waals surface area contributed by atoms with Gasteiger partial charge in [0.2, 0.25) is 5.91 Å². The molecule has 0 spiro atoms. The number of sulfone groups is 1. The van der Waals surface area contributed by atoms with Crippen molar-refractivity contribution in [2.75, 3.05) is 6.26 Å². The molecule has 0 fully saturated rings. The minimum atomic E-state index is -3.18. The highest BCUT2D eigenvalue weighted by Gasteiger charge is 2.16. The van der Waals surface area contributed by atoms with Crippen LogP contribution >= 0.6 is 0 Å². The van der Waals surface area contributed by atoms with Crippen molar-refractivity contribution in [3.05, 3.63) is 29.8 Å². The number of hydrogen-bond donors (Lipinski definition) is 1. The maximum atomic E-state index is 11.9. The van der Waals surface area contributed by atoms with Gasteiger partial charge in [0.15, 0.2) is 9.84 Å². The average molecular weight is 297 g/mol. The molecule has 112 valence electrons. The fourth-order valence-corrected chi connectivity index (χ4v) is 2.64. The van der Waals surface area contributed by atoms with E-state index < -0.39 is 9.84 Å². The summed E-state index contributed by atoms with van der Waals surface area (Å²) in [4.78, 5) is 12.2. The minimum Gasteiger partial charge on any atom is -0.349 e. The largest absolute Gasteiger partial charge is 0.349 e. The molecule has 20 heavy (non-hydrogen) atoms. The Balaban J connectivity index is 2.73. The first-order chi connectivity index (χ1) is 9.25. The van der Waals surface area contributed by atoms with Gasteiger partial charge in [0.05, 0.1) is 10.9 Å². The number of rotatable bonds is 6. The minimum absolute atomic E-state index is 0.00209. The molecule has 0 saturated carbocycles. The quantitative estimate of drug-likeness (QED) is 0.878. The Morgan fingerprint density at radius 2 is 1.75 bits per heavy atom. The van der Waals surface area contributed by atoms with Crippen molar-refractivity contribution in [2.24, 2.45) is 5.92 Å². The summed E-state index contributed by atoms with van der Waals surface area (Å²) in [5, 5.41) is 2.95. The third-order valence-electron chi connectivity index (χ3n) is 3.34. The molecular formula is C15H23NO3S. The zero-order valence-electron chi connectivity index (χ0n) is 12.5. The molecule has 1 aromatic carbocycles. The van der Waals surface area contributed by atoms with Gasteiger partial charge in [-0.1, -0.05) is 32.4 Å². The van der Waals surface area contributed by atoms with Gasteiger partial charge in [0, 0.05) is 12.2 Å². The summed E-state index contributed by atoms with van der Waals surface area (Å²) in [5.74, 6) is 0.0317. The first-order valence-corrected chi connectivity index (χ1v) is 8.75. The molecule has 1 rings (SSSR count). The number of carbonyl (C=O) groups excluding carboxylic acids is 1. The van der Waals surface area contributed by atoms with E-state index in [0.717, 1.165) is 18.4 Å². The Morgan fingerprint density at radius 3 is 2.20 bits per heavy atom. The van der Waals surface area contributed by atoms with Gasteiger partial charge in [-0.25, -0.2) is 8.42 Å². The second-order valence-corrected chi connectivity index (χ2v) is 7.28. The van der Waals surface area contributed by atoms with Crippen LogP contribution in [0.3, 0.4) is 0 Å². The number of carbonyl (C=O) groups is 1. The van der Waals surface area contributed by atoms with E-state index in [1.807, 2.05) is 13.8 Å². The van der Waals surface area contributed by atoms with Gasteiger partial charge >= 0.3 is 0 Å². The van der Waals surface area contributed by atoms with Crippen molar-refractivity contribution in [3.63, 3.8) is 0 Å². The van der Waals surface area contributed by atoms with Crippen molar-refractivity contribution in [1.82, 2.24) is 5.32 Å². The smallest absolute Gasteiger partial charge is 0.223 e. The zero-order chi connectivity index (χ0) is 15.3. The van der Waals surface area contributed by atoms with E-state index in [2.05, 4.69) is 12.2 Å². The molecule has 0 heterocycles. The van der Waals surface area contributed by atoms with E-state index in [1.54, 1.807) is 24.3 Å². The molecule has 1 N–H and O–H groups in total. The fourth-order valence-electron chi connectivity index (χ4n) is 2.01. The van der Waals surface area contributed by atoms with E-state index in [9.17, 15) is 13.2 Å². The summed E-state index contributed by atoms with van der Waals surface area (Å²) in [6, 6.07) is 6.50. The third-order valence-corrected chi connectivity index (χ3v) is 4.46. The lowest BCUT2D eigenvalue weighted by atomic mass is 10.0. The standard InChI is InChI=1S/C15H23NO3S/c1-5-6-11(2)15(17)16-12(3)13-7-9-14(10-8-13)20(4,18)19/h7-12H,5-6H2,1-4H3,(H,16,17). The van der Waals surface area contributed by atoms with Crippen LogP contribution in [0.5, 0.6) is 0 Å². The lowest BCUT2D eigenvalue weighted by Gasteiger charge is -2.17. The second kappa shape index (κ2) is 6.88. The van der Waals surface area contributed by atoms with Crippen LogP contribution in [0.4, 0.5) is 0 Å². The van der Waals surface area contributed by atoms with Gasteiger partial charge in [-0.3, -0.25) is 4.79 Å². The SMILES string of the molecule is CCCC(C)C(=O)NC(C)c1ccc(S(C)(=O)=O)cc1. The molecule has 0 aromatic heterocycles. The van der Waals surface area contributed by atoms with Crippen LogP contribution in [0, 0.1) is 5.92 Å². The molecule has 0 aliphatic carbocycles. The van der Waals surface area contributed by atoms with Crippen LogP contribution in [-0.2, 0) is 14.6 Å². The molecule has 4 nitrogen and oxygen atoms in total. The average Bonchev–Trinajstić information content (AvgIpc) is 2.38. The van der Waals surface area contributed by atoms with Gasteiger partial charge < -0.3 is 5.32 Å². The summed E-state index contributed by atoms with van der Waals surface area (Å²) in [7, 11) is -3.18. The molecule has 0 bridgehead atoms. The topological polar surface area (TPSA) is 63.2 Å². The van der Waals surface area contributed by atoms with E-state index in [4.69, 9.17) is 0 Å². The van der Waals surface area contributed by atoms with E-state index in [-0.39, 0.29) is 17.9 Å². The van der Waals surface area contributed by atoms with Gasteiger partial charge in [0.1, 0.15) is 0 Å². The Labute approximate surface area is 121 Å². The molecule has 1 amide bonds. The molecule has 0 aliphatic rings. The van der Waals surface area contributed by atoms with Gasteiger partial charge in [-0.05, 0) is 31.0 Å². The van der Waals surface area contributed by atoms with Crippen LogP contribution in [0.1, 0.15) is 45.2 Å².